The van der Waals surface area contributed by atoms with E-state index in [0.717, 1.165) is 33.7 Å². The molecule has 0 aliphatic carbocycles. The third-order valence-electron chi connectivity index (χ3n) is 5.77. The zero-order chi connectivity index (χ0) is 25.1. The Morgan fingerprint density at radius 3 is 2.67 bits per heavy atom. The topological polar surface area (TPSA) is 94.3 Å². The SMILES string of the molecule is Cc1ccc(C(C)C)c(OCC(=O)Nc2cccc(-c3ccc4nnc(-c5cccnc5)n4n3)c2)c1. The number of hydrogen-bond donors (Lipinski definition) is 1. The van der Waals surface area contributed by atoms with Crippen molar-refractivity contribution in [2.24, 2.45) is 0 Å². The molecule has 0 saturated carbocycles. The number of aromatic nitrogens is 5. The van der Waals surface area contributed by atoms with Gasteiger partial charge in [0, 0.05) is 29.2 Å². The Hall–Kier alpha value is -4.59. The van der Waals surface area contributed by atoms with Crippen molar-refractivity contribution >= 4 is 17.2 Å². The van der Waals surface area contributed by atoms with Crippen molar-refractivity contribution in [1.29, 1.82) is 0 Å². The van der Waals surface area contributed by atoms with Gasteiger partial charge in [-0.25, -0.2) is 0 Å². The Bertz CT molecular complexity index is 1530. The molecule has 0 fully saturated rings. The summed E-state index contributed by atoms with van der Waals surface area (Å²) in [5.74, 6) is 1.42. The molecule has 0 saturated heterocycles. The lowest BCUT2D eigenvalue weighted by atomic mass is 10.0. The van der Waals surface area contributed by atoms with Crippen LogP contribution in [0.5, 0.6) is 5.75 Å². The molecule has 3 heterocycles. The van der Waals surface area contributed by atoms with Gasteiger partial charge in [0.25, 0.3) is 5.91 Å². The Balaban J connectivity index is 1.33. The normalized spacial score (nSPS) is 11.1. The highest BCUT2D eigenvalue weighted by Crippen LogP contribution is 2.28. The maximum Gasteiger partial charge on any atom is 0.262 e. The summed E-state index contributed by atoms with van der Waals surface area (Å²) in [6.45, 7) is 6.14. The smallest absolute Gasteiger partial charge is 0.262 e. The van der Waals surface area contributed by atoms with Crippen LogP contribution in [0.25, 0.3) is 28.3 Å². The highest BCUT2D eigenvalue weighted by atomic mass is 16.5. The van der Waals surface area contributed by atoms with Crippen LogP contribution in [0.3, 0.4) is 0 Å². The Morgan fingerprint density at radius 2 is 1.86 bits per heavy atom. The summed E-state index contributed by atoms with van der Waals surface area (Å²) in [5.41, 5.74) is 5.86. The van der Waals surface area contributed by atoms with Crippen molar-refractivity contribution in [2.75, 3.05) is 11.9 Å². The fraction of sp³-hybridized carbons (Fsp3) is 0.179. The lowest BCUT2D eigenvalue weighted by Crippen LogP contribution is -2.20. The zero-order valence-corrected chi connectivity index (χ0v) is 20.3. The molecule has 0 spiro atoms. The number of anilines is 1. The monoisotopic (exact) mass is 478 g/mol. The van der Waals surface area contributed by atoms with Crippen LogP contribution in [-0.4, -0.2) is 37.3 Å². The number of fused-ring (bicyclic) bond motifs is 1. The van der Waals surface area contributed by atoms with Gasteiger partial charge in [0.15, 0.2) is 18.1 Å². The molecular weight excluding hydrogens is 452 g/mol. The Labute approximate surface area is 209 Å². The van der Waals surface area contributed by atoms with Crippen LogP contribution in [-0.2, 0) is 4.79 Å². The molecule has 0 aliphatic rings. The van der Waals surface area contributed by atoms with Gasteiger partial charge in [0.05, 0.1) is 5.69 Å². The van der Waals surface area contributed by atoms with Crippen LogP contribution in [0.2, 0.25) is 0 Å². The van der Waals surface area contributed by atoms with Gasteiger partial charge >= 0.3 is 0 Å². The highest BCUT2D eigenvalue weighted by molar-refractivity contribution is 5.92. The van der Waals surface area contributed by atoms with Crippen molar-refractivity contribution < 1.29 is 9.53 Å². The summed E-state index contributed by atoms with van der Waals surface area (Å²) in [7, 11) is 0. The predicted molar refractivity (Wildman–Crippen MR) is 139 cm³/mol. The summed E-state index contributed by atoms with van der Waals surface area (Å²) in [4.78, 5) is 16.8. The van der Waals surface area contributed by atoms with E-state index in [2.05, 4.69) is 46.5 Å². The third kappa shape index (κ3) is 4.93. The fourth-order valence-electron chi connectivity index (χ4n) is 3.96. The van der Waals surface area contributed by atoms with Crippen molar-refractivity contribution in [2.45, 2.75) is 26.7 Å². The first kappa shape index (κ1) is 23.2. The number of amides is 1. The quantitative estimate of drug-likeness (QED) is 0.341. The zero-order valence-electron chi connectivity index (χ0n) is 20.3. The second kappa shape index (κ2) is 9.95. The van der Waals surface area contributed by atoms with E-state index in [-0.39, 0.29) is 12.5 Å². The van der Waals surface area contributed by atoms with Crippen LogP contribution in [0.4, 0.5) is 5.69 Å². The van der Waals surface area contributed by atoms with Gasteiger partial charge in [-0.1, -0.05) is 38.1 Å². The van der Waals surface area contributed by atoms with Gasteiger partial charge in [0.2, 0.25) is 0 Å². The average molecular weight is 479 g/mol. The molecule has 36 heavy (non-hydrogen) atoms. The van der Waals surface area contributed by atoms with Crippen LogP contribution in [0, 0.1) is 6.92 Å². The minimum absolute atomic E-state index is 0.0766. The number of nitrogens with zero attached hydrogens (tertiary/aromatic N) is 5. The highest BCUT2D eigenvalue weighted by Gasteiger charge is 2.13. The number of carbonyl (C=O) groups is 1. The first-order valence-electron chi connectivity index (χ1n) is 11.7. The van der Waals surface area contributed by atoms with Crippen molar-refractivity contribution in [3.63, 3.8) is 0 Å². The van der Waals surface area contributed by atoms with Gasteiger partial charge in [-0.05, 0) is 66.4 Å². The van der Waals surface area contributed by atoms with Crippen molar-refractivity contribution in [3.05, 3.63) is 90.3 Å². The van der Waals surface area contributed by atoms with Gasteiger partial charge < -0.3 is 10.1 Å². The van der Waals surface area contributed by atoms with E-state index < -0.39 is 0 Å². The molecule has 3 aromatic heterocycles. The van der Waals surface area contributed by atoms with E-state index >= 15 is 0 Å². The second-order valence-corrected chi connectivity index (χ2v) is 8.87. The van der Waals surface area contributed by atoms with E-state index in [9.17, 15) is 4.79 Å². The molecule has 8 nitrogen and oxygen atoms in total. The molecule has 5 aromatic rings. The predicted octanol–water partition coefficient (Wildman–Crippen LogP) is 5.30. The minimum Gasteiger partial charge on any atom is -0.483 e. The number of carbonyl (C=O) groups excluding carboxylic acids is 1. The minimum atomic E-state index is -0.232. The second-order valence-electron chi connectivity index (χ2n) is 8.87. The Kier molecular flexibility index (Phi) is 6.40. The molecule has 8 heteroatoms. The number of hydrogen-bond acceptors (Lipinski definition) is 6. The lowest BCUT2D eigenvalue weighted by molar-refractivity contribution is -0.118. The van der Waals surface area contributed by atoms with Crippen LogP contribution in [0.15, 0.2) is 79.1 Å². The molecule has 0 atom stereocenters. The molecule has 0 unspecified atom stereocenters. The lowest BCUT2D eigenvalue weighted by Gasteiger charge is -2.15. The summed E-state index contributed by atoms with van der Waals surface area (Å²) in [6, 6.07) is 21.1. The fourth-order valence-corrected chi connectivity index (χ4v) is 3.96. The third-order valence-corrected chi connectivity index (χ3v) is 5.77. The first-order valence-corrected chi connectivity index (χ1v) is 11.7. The maximum atomic E-state index is 12.7. The van der Waals surface area contributed by atoms with E-state index in [1.54, 1.807) is 16.9 Å². The molecule has 5 rings (SSSR count). The Morgan fingerprint density at radius 1 is 1.00 bits per heavy atom. The van der Waals surface area contributed by atoms with E-state index in [1.807, 2.05) is 61.5 Å². The number of rotatable bonds is 7. The van der Waals surface area contributed by atoms with Crippen molar-refractivity contribution in [3.8, 4) is 28.4 Å². The molecule has 1 N–H and O–H groups in total. The van der Waals surface area contributed by atoms with Gasteiger partial charge in [-0.2, -0.15) is 9.61 Å². The summed E-state index contributed by atoms with van der Waals surface area (Å²) in [6.07, 6.45) is 3.43. The molecule has 0 radical (unpaired) electrons. The van der Waals surface area contributed by atoms with E-state index in [4.69, 9.17) is 9.84 Å². The number of benzene rings is 2. The first-order chi connectivity index (χ1) is 17.5. The molecular formula is C28H26N6O2. The van der Waals surface area contributed by atoms with Gasteiger partial charge in [0.1, 0.15) is 5.75 Å². The average Bonchev–Trinajstić information content (AvgIpc) is 3.31. The van der Waals surface area contributed by atoms with Gasteiger partial charge in [-0.15, -0.1) is 10.2 Å². The number of ether oxygens (including phenoxy) is 1. The summed E-state index contributed by atoms with van der Waals surface area (Å²) >= 11 is 0. The summed E-state index contributed by atoms with van der Waals surface area (Å²) < 4.78 is 7.57. The van der Waals surface area contributed by atoms with E-state index in [1.165, 1.54) is 0 Å². The number of pyridine rings is 1. The summed E-state index contributed by atoms with van der Waals surface area (Å²) in [5, 5.41) is 16.1. The van der Waals surface area contributed by atoms with Crippen molar-refractivity contribution in [1.82, 2.24) is 24.8 Å². The molecule has 1 amide bonds. The molecule has 0 bridgehead atoms. The molecule has 180 valence electrons. The largest absolute Gasteiger partial charge is 0.483 e. The molecule has 0 aliphatic heterocycles. The number of nitrogens with one attached hydrogen (secondary N) is 1. The van der Waals surface area contributed by atoms with Crippen LogP contribution in [0.1, 0.15) is 30.9 Å². The standard InChI is InChI=1S/C28H26N6O2/c1-18(2)23-10-9-19(3)14-25(23)36-17-27(35)30-22-8-4-6-20(15-22)24-11-12-26-31-32-28(34(26)33-24)21-7-5-13-29-16-21/h4-16,18H,17H2,1-3H3,(H,30,35). The van der Waals surface area contributed by atoms with Gasteiger partial charge in [-0.3, -0.25) is 9.78 Å². The van der Waals surface area contributed by atoms with Crippen LogP contribution >= 0.6 is 0 Å². The molecule has 2 aromatic carbocycles. The van der Waals surface area contributed by atoms with E-state index in [0.29, 0.717) is 23.1 Å². The maximum absolute atomic E-state index is 12.7. The number of aryl methyl sites for hydroxylation is 1. The van der Waals surface area contributed by atoms with Crippen LogP contribution < -0.4 is 10.1 Å².